The number of hydrogen-bond acceptors (Lipinski definition) is 2. The second kappa shape index (κ2) is 9.81. The lowest BCUT2D eigenvalue weighted by molar-refractivity contribution is 0.255. The molecule has 1 aliphatic rings. The van der Waals surface area contributed by atoms with Gasteiger partial charge in [-0.05, 0) is 43.8 Å². The Morgan fingerprint density at radius 3 is 2.56 bits per heavy atom. The Bertz CT molecular complexity index is 533. The van der Waals surface area contributed by atoms with Gasteiger partial charge in [0.1, 0.15) is 0 Å². The van der Waals surface area contributed by atoms with Gasteiger partial charge in [0.05, 0.1) is 0 Å². The summed E-state index contributed by atoms with van der Waals surface area (Å²) in [6, 6.07) is 8.86. The topological polar surface area (TPSA) is 30.9 Å². The van der Waals surface area contributed by atoms with E-state index < -0.39 is 0 Å². The molecule has 2 atom stereocenters. The van der Waals surface area contributed by atoms with Crippen LogP contribution in [-0.2, 0) is 0 Å². The molecule has 0 saturated carbocycles. The summed E-state index contributed by atoms with van der Waals surface area (Å²) in [4.78, 5) is 9.48. The van der Waals surface area contributed by atoms with Gasteiger partial charge < -0.3 is 15.1 Å². The molecule has 0 amide bonds. The van der Waals surface area contributed by atoms with Crippen molar-refractivity contribution in [2.24, 2.45) is 10.9 Å². The van der Waals surface area contributed by atoms with Crippen molar-refractivity contribution in [1.29, 1.82) is 0 Å². The van der Waals surface area contributed by atoms with E-state index in [4.69, 9.17) is 0 Å². The van der Waals surface area contributed by atoms with Gasteiger partial charge in [-0.15, -0.1) is 0 Å². The molecular weight excluding hydrogens is 308 g/mol. The number of hydrogen-bond donors (Lipinski definition) is 1. The van der Waals surface area contributed by atoms with Crippen LogP contribution in [0.1, 0.15) is 44.2 Å². The van der Waals surface area contributed by atoms with Crippen LogP contribution in [0.15, 0.2) is 29.3 Å². The van der Waals surface area contributed by atoms with Crippen molar-refractivity contribution < 1.29 is 0 Å². The highest BCUT2D eigenvalue weighted by molar-refractivity contribution is 5.80. The first-order valence-electron chi connectivity index (χ1n) is 9.81. The van der Waals surface area contributed by atoms with Crippen LogP contribution in [0.3, 0.4) is 0 Å². The molecule has 4 nitrogen and oxygen atoms in total. The van der Waals surface area contributed by atoms with Crippen molar-refractivity contribution >= 4 is 5.96 Å². The maximum absolute atomic E-state index is 4.52. The molecule has 1 aliphatic heterocycles. The smallest absolute Gasteiger partial charge is 0.193 e. The number of rotatable bonds is 7. The molecule has 1 N–H and O–H groups in total. The van der Waals surface area contributed by atoms with E-state index in [2.05, 4.69) is 72.1 Å². The fourth-order valence-corrected chi connectivity index (χ4v) is 3.61. The van der Waals surface area contributed by atoms with Gasteiger partial charge in [0.25, 0.3) is 0 Å². The van der Waals surface area contributed by atoms with E-state index in [0.717, 1.165) is 44.6 Å². The molecule has 25 heavy (non-hydrogen) atoms. The first-order valence-corrected chi connectivity index (χ1v) is 9.81. The molecule has 1 heterocycles. The summed E-state index contributed by atoms with van der Waals surface area (Å²) in [6.07, 6.45) is 1.27. The molecule has 2 unspecified atom stereocenters. The van der Waals surface area contributed by atoms with Crippen LogP contribution in [0.4, 0.5) is 0 Å². The lowest BCUT2D eigenvalue weighted by Crippen LogP contribution is -2.42. The van der Waals surface area contributed by atoms with Gasteiger partial charge in [0.15, 0.2) is 5.96 Å². The number of aliphatic imine (C=N–C) groups is 1. The summed E-state index contributed by atoms with van der Waals surface area (Å²) in [5, 5.41) is 3.59. The number of nitrogens with one attached hydrogen (secondary N) is 1. The van der Waals surface area contributed by atoms with Gasteiger partial charge in [-0.3, -0.25) is 4.99 Å². The van der Waals surface area contributed by atoms with Gasteiger partial charge in [-0.2, -0.15) is 0 Å². The summed E-state index contributed by atoms with van der Waals surface area (Å²) < 4.78 is 0. The van der Waals surface area contributed by atoms with E-state index in [1.165, 1.54) is 24.1 Å². The minimum Gasteiger partial charge on any atom is -0.356 e. The maximum Gasteiger partial charge on any atom is 0.193 e. The van der Waals surface area contributed by atoms with Gasteiger partial charge in [-0.25, -0.2) is 0 Å². The first-order chi connectivity index (χ1) is 12.1. The largest absolute Gasteiger partial charge is 0.356 e. The third kappa shape index (κ3) is 5.74. The third-order valence-corrected chi connectivity index (χ3v) is 5.42. The third-order valence-electron chi connectivity index (χ3n) is 5.42. The fourth-order valence-electron chi connectivity index (χ4n) is 3.61. The minimum absolute atomic E-state index is 0.478. The van der Waals surface area contributed by atoms with E-state index in [1.54, 1.807) is 0 Å². The van der Waals surface area contributed by atoms with Crippen LogP contribution in [0.25, 0.3) is 0 Å². The quantitative estimate of drug-likeness (QED) is 0.608. The Morgan fingerprint density at radius 1 is 1.28 bits per heavy atom. The van der Waals surface area contributed by atoms with Crippen molar-refractivity contribution in [3.63, 3.8) is 0 Å². The number of nitrogens with zero attached hydrogens (tertiary/aromatic N) is 3. The van der Waals surface area contributed by atoms with Crippen LogP contribution in [0, 0.1) is 12.8 Å². The van der Waals surface area contributed by atoms with E-state index in [-0.39, 0.29) is 0 Å². The van der Waals surface area contributed by atoms with Gasteiger partial charge in [0, 0.05) is 33.2 Å². The van der Waals surface area contributed by atoms with Crippen molar-refractivity contribution in [1.82, 2.24) is 15.1 Å². The van der Waals surface area contributed by atoms with E-state index in [9.17, 15) is 0 Å². The van der Waals surface area contributed by atoms with Gasteiger partial charge in [0.2, 0.25) is 0 Å². The summed E-state index contributed by atoms with van der Waals surface area (Å²) in [5.41, 5.74) is 2.70. The molecule has 4 heteroatoms. The number of likely N-dealkylation sites (tertiary alicyclic amines) is 1. The molecule has 1 aromatic carbocycles. The predicted molar refractivity (Wildman–Crippen MR) is 108 cm³/mol. The van der Waals surface area contributed by atoms with E-state index in [1.807, 2.05) is 7.05 Å². The Kier molecular flexibility index (Phi) is 7.76. The molecule has 0 aromatic heterocycles. The lowest BCUT2D eigenvalue weighted by atomic mass is 10.0. The van der Waals surface area contributed by atoms with Crippen LogP contribution < -0.4 is 5.32 Å². The van der Waals surface area contributed by atoms with Crippen molar-refractivity contribution in [2.45, 2.75) is 40.0 Å². The molecule has 0 bridgehead atoms. The van der Waals surface area contributed by atoms with Crippen LogP contribution in [-0.4, -0.2) is 62.1 Å². The van der Waals surface area contributed by atoms with Crippen LogP contribution in [0.2, 0.25) is 0 Å². The second-order valence-electron chi connectivity index (χ2n) is 7.33. The summed E-state index contributed by atoms with van der Waals surface area (Å²) in [6.45, 7) is 15.6. The normalized spacial score (nSPS) is 19.5. The zero-order chi connectivity index (χ0) is 18.2. The molecule has 2 rings (SSSR count). The maximum atomic E-state index is 4.52. The SMILES string of the molecule is CCN(CC)CC1CCN(C(=NC)NCC(C)c2ccc(C)cc2)C1. The average molecular weight is 345 g/mol. The molecule has 0 spiro atoms. The summed E-state index contributed by atoms with van der Waals surface area (Å²) >= 11 is 0. The standard InChI is InChI=1S/C21H36N4/c1-6-24(7-2)15-19-12-13-25(16-19)21(22-5)23-14-18(4)20-10-8-17(3)9-11-20/h8-11,18-19H,6-7,12-16H2,1-5H3,(H,22,23). The monoisotopic (exact) mass is 344 g/mol. The number of benzene rings is 1. The minimum atomic E-state index is 0.478. The van der Waals surface area contributed by atoms with Crippen LogP contribution in [0.5, 0.6) is 0 Å². The highest BCUT2D eigenvalue weighted by Gasteiger charge is 2.26. The zero-order valence-corrected chi connectivity index (χ0v) is 16.8. The van der Waals surface area contributed by atoms with Crippen molar-refractivity contribution in [3.05, 3.63) is 35.4 Å². The molecule has 1 saturated heterocycles. The first kappa shape index (κ1) is 19.8. The van der Waals surface area contributed by atoms with E-state index >= 15 is 0 Å². The molecule has 140 valence electrons. The Hall–Kier alpha value is -1.55. The Labute approximate surface area is 154 Å². The van der Waals surface area contributed by atoms with Gasteiger partial charge >= 0.3 is 0 Å². The highest BCUT2D eigenvalue weighted by atomic mass is 15.3. The summed E-state index contributed by atoms with van der Waals surface area (Å²) in [7, 11) is 1.90. The summed E-state index contributed by atoms with van der Waals surface area (Å²) in [5.74, 6) is 2.29. The lowest BCUT2D eigenvalue weighted by Gasteiger charge is -2.25. The number of guanidine groups is 1. The molecule has 1 fully saturated rings. The van der Waals surface area contributed by atoms with Crippen LogP contribution >= 0.6 is 0 Å². The second-order valence-corrected chi connectivity index (χ2v) is 7.33. The Morgan fingerprint density at radius 2 is 1.96 bits per heavy atom. The van der Waals surface area contributed by atoms with E-state index in [0.29, 0.717) is 5.92 Å². The fraction of sp³-hybridized carbons (Fsp3) is 0.667. The van der Waals surface area contributed by atoms with Crippen molar-refractivity contribution in [3.8, 4) is 0 Å². The molecule has 0 aliphatic carbocycles. The van der Waals surface area contributed by atoms with Gasteiger partial charge in [-0.1, -0.05) is 50.6 Å². The Balaban J connectivity index is 1.83. The predicted octanol–water partition coefficient (Wildman–Crippen LogP) is 3.34. The molecular formula is C21H36N4. The average Bonchev–Trinajstić information content (AvgIpc) is 3.09. The molecule has 0 radical (unpaired) electrons. The molecule has 1 aromatic rings. The zero-order valence-electron chi connectivity index (χ0n) is 16.8. The highest BCUT2D eigenvalue weighted by Crippen LogP contribution is 2.19. The number of aryl methyl sites for hydroxylation is 1. The van der Waals surface area contributed by atoms with Crippen molar-refractivity contribution in [2.75, 3.05) is 46.3 Å².